The van der Waals surface area contributed by atoms with Crippen molar-refractivity contribution in [2.45, 2.75) is 0 Å². The predicted octanol–water partition coefficient (Wildman–Crippen LogP) is 2.73. The van der Waals surface area contributed by atoms with Crippen molar-refractivity contribution in [3.63, 3.8) is 0 Å². The van der Waals surface area contributed by atoms with Gasteiger partial charge >= 0.3 is 0 Å². The Morgan fingerprint density at radius 1 is 1.33 bits per heavy atom. The van der Waals surface area contributed by atoms with Gasteiger partial charge in [0.1, 0.15) is 17.3 Å². The molecule has 1 aromatic heterocycles. The number of nitrogens with zero attached hydrogens (tertiary/aromatic N) is 2. The van der Waals surface area contributed by atoms with Crippen molar-refractivity contribution < 1.29 is 4.79 Å². The van der Waals surface area contributed by atoms with Crippen molar-refractivity contribution in [3.05, 3.63) is 45.8 Å². The minimum atomic E-state index is -0.358. The fourth-order valence-electron chi connectivity index (χ4n) is 1.31. The summed E-state index contributed by atoms with van der Waals surface area (Å²) in [6, 6.07) is 6.49. The molecule has 5 nitrogen and oxygen atoms in total. The van der Waals surface area contributed by atoms with E-state index in [9.17, 15) is 4.79 Å². The van der Waals surface area contributed by atoms with Crippen LogP contribution in [0.1, 0.15) is 10.4 Å². The van der Waals surface area contributed by atoms with E-state index in [4.69, 9.17) is 17.3 Å². The van der Waals surface area contributed by atoms with Crippen LogP contribution in [-0.4, -0.2) is 15.9 Å². The molecule has 92 valence electrons. The number of benzene rings is 1. The van der Waals surface area contributed by atoms with E-state index in [2.05, 4.69) is 31.2 Å². The fourth-order valence-corrected chi connectivity index (χ4v) is 1.82. The molecule has 1 aromatic carbocycles. The summed E-state index contributed by atoms with van der Waals surface area (Å²) in [5, 5.41) is 2.84. The second kappa shape index (κ2) is 5.32. The number of carbonyl (C=O) groups is 1. The van der Waals surface area contributed by atoms with E-state index in [0.717, 1.165) is 4.47 Å². The zero-order valence-corrected chi connectivity index (χ0v) is 11.4. The van der Waals surface area contributed by atoms with Crippen LogP contribution < -0.4 is 11.1 Å². The number of halogens is 2. The molecule has 0 saturated heterocycles. The van der Waals surface area contributed by atoms with Crippen molar-refractivity contribution >= 4 is 44.9 Å². The molecule has 0 aliphatic carbocycles. The molecule has 0 spiro atoms. The van der Waals surface area contributed by atoms with Gasteiger partial charge in [0.05, 0.1) is 5.56 Å². The van der Waals surface area contributed by atoms with E-state index < -0.39 is 0 Å². The highest BCUT2D eigenvalue weighted by Crippen LogP contribution is 2.19. The van der Waals surface area contributed by atoms with Gasteiger partial charge in [-0.25, -0.2) is 9.97 Å². The number of anilines is 2. The van der Waals surface area contributed by atoms with Crippen molar-refractivity contribution in [1.29, 1.82) is 0 Å². The van der Waals surface area contributed by atoms with Crippen LogP contribution in [0.2, 0.25) is 5.15 Å². The zero-order chi connectivity index (χ0) is 13.1. The number of hydrogen-bond donors (Lipinski definition) is 2. The third-order valence-electron chi connectivity index (χ3n) is 2.14. The average molecular weight is 328 g/mol. The van der Waals surface area contributed by atoms with Crippen LogP contribution in [0.4, 0.5) is 11.5 Å². The first-order valence-corrected chi connectivity index (χ1v) is 6.07. The maximum Gasteiger partial charge on any atom is 0.258 e. The van der Waals surface area contributed by atoms with Crippen molar-refractivity contribution in [2.75, 3.05) is 11.1 Å². The summed E-state index contributed by atoms with van der Waals surface area (Å²) in [5.74, 6) is -0.0389. The van der Waals surface area contributed by atoms with Gasteiger partial charge in [0.15, 0.2) is 0 Å². The number of nitrogens with one attached hydrogen (secondary N) is 1. The van der Waals surface area contributed by atoms with Crippen LogP contribution in [0, 0.1) is 0 Å². The number of rotatable bonds is 2. The quantitative estimate of drug-likeness (QED) is 0.656. The normalized spacial score (nSPS) is 10.1. The molecule has 0 radical (unpaired) electrons. The van der Waals surface area contributed by atoms with Gasteiger partial charge in [0.2, 0.25) is 0 Å². The summed E-state index contributed by atoms with van der Waals surface area (Å²) >= 11 is 8.98. The van der Waals surface area contributed by atoms with Crippen LogP contribution in [0.15, 0.2) is 35.1 Å². The SMILES string of the molecule is Nc1ccc(Br)cc1C(=O)Nc1cc(Cl)ncn1. The van der Waals surface area contributed by atoms with Gasteiger partial charge in [-0.15, -0.1) is 0 Å². The van der Waals surface area contributed by atoms with E-state index in [1.165, 1.54) is 12.4 Å². The lowest BCUT2D eigenvalue weighted by atomic mass is 10.1. The first-order valence-electron chi connectivity index (χ1n) is 4.90. The minimum absolute atomic E-state index is 0.252. The van der Waals surface area contributed by atoms with Gasteiger partial charge < -0.3 is 11.1 Å². The molecular weight excluding hydrogens is 320 g/mol. The maximum absolute atomic E-state index is 12.0. The Labute approximate surface area is 117 Å². The number of hydrogen-bond acceptors (Lipinski definition) is 4. The highest BCUT2D eigenvalue weighted by Gasteiger charge is 2.11. The van der Waals surface area contributed by atoms with E-state index in [-0.39, 0.29) is 11.1 Å². The van der Waals surface area contributed by atoms with Crippen LogP contribution >= 0.6 is 27.5 Å². The van der Waals surface area contributed by atoms with E-state index in [0.29, 0.717) is 17.1 Å². The second-order valence-corrected chi connectivity index (χ2v) is 4.71. The molecule has 7 heteroatoms. The first-order chi connectivity index (χ1) is 8.56. The Morgan fingerprint density at radius 3 is 2.83 bits per heavy atom. The smallest absolute Gasteiger partial charge is 0.258 e. The molecule has 3 N–H and O–H groups in total. The van der Waals surface area contributed by atoms with Gasteiger partial charge in [-0.05, 0) is 18.2 Å². The topological polar surface area (TPSA) is 80.9 Å². The van der Waals surface area contributed by atoms with Gasteiger partial charge in [0.25, 0.3) is 5.91 Å². The highest BCUT2D eigenvalue weighted by molar-refractivity contribution is 9.10. The lowest BCUT2D eigenvalue weighted by Crippen LogP contribution is -2.15. The second-order valence-electron chi connectivity index (χ2n) is 3.41. The highest BCUT2D eigenvalue weighted by atomic mass is 79.9. The molecule has 0 aliphatic heterocycles. The predicted molar refractivity (Wildman–Crippen MR) is 73.5 cm³/mol. The molecule has 2 rings (SSSR count). The Hall–Kier alpha value is -1.66. The third kappa shape index (κ3) is 2.96. The molecule has 0 fully saturated rings. The average Bonchev–Trinajstić information content (AvgIpc) is 2.32. The number of aromatic nitrogens is 2. The molecule has 0 atom stereocenters. The Bertz CT molecular complexity index is 605. The van der Waals surface area contributed by atoms with Crippen LogP contribution in [0.25, 0.3) is 0 Å². The Kier molecular flexibility index (Phi) is 3.78. The Balaban J connectivity index is 2.24. The minimum Gasteiger partial charge on any atom is -0.398 e. The molecule has 0 saturated carbocycles. The van der Waals surface area contributed by atoms with Crippen LogP contribution in [0.3, 0.4) is 0 Å². The van der Waals surface area contributed by atoms with E-state index in [1.807, 2.05) is 0 Å². The largest absolute Gasteiger partial charge is 0.398 e. The molecule has 0 bridgehead atoms. The zero-order valence-electron chi connectivity index (χ0n) is 9.02. The summed E-state index contributed by atoms with van der Waals surface area (Å²) in [6.07, 6.45) is 1.27. The molecule has 2 aromatic rings. The van der Waals surface area contributed by atoms with E-state index in [1.54, 1.807) is 18.2 Å². The van der Waals surface area contributed by atoms with Crippen LogP contribution in [0.5, 0.6) is 0 Å². The summed E-state index contributed by atoms with van der Waals surface area (Å²) in [7, 11) is 0. The van der Waals surface area contributed by atoms with Crippen molar-refractivity contribution in [3.8, 4) is 0 Å². The molecule has 0 aliphatic rings. The third-order valence-corrected chi connectivity index (χ3v) is 2.84. The molecular formula is C11H8BrClN4O. The fraction of sp³-hybridized carbons (Fsp3) is 0. The number of nitrogen functional groups attached to an aromatic ring is 1. The molecule has 18 heavy (non-hydrogen) atoms. The number of nitrogens with two attached hydrogens (primary N) is 1. The van der Waals surface area contributed by atoms with Crippen molar-refractivity contribution in [1.82, 2.24) is 9.97 Å². The van der Waals surface area contributed by atoms with Gasteiger partial charge in [-0.3, -0.25) is 4.79 Å². The summed E-state index contributed by atoms with van der Waals surface area (Å²) in [4.78, 5) is 19.6. The summed E-state index contributed by atoms with van der Waals surface area (Å²) < 4.78 is 0.766. The lowest BCUT2D eigenvalue weighted by Gasteiger charge is -2.07. The molecule has 1 heterocycles. The van der Waals surface area contributed by atoms with Gasteiger partial charge in [-0.1, -0.05) is 27.5 Å². The summed E-state index contributed by atoms with van der Waals surface area (Å²) in [6.45, 7) is 0. The van der Waals surface area contributed by atoms with E-state index >= 15 is 0 Å². The number of amides is 1. The summed E-state index contributed by atoms with van der Waals surface area (Å²) in [5.41, 5.74) is 6.48. The maximum atomic E-state index is 12.0. The monoisotopic (exact) mass is 326 g/mol. The Morgan fingerprint density at radius 2 is 2.11 bits per heavy atom. The molecule has 1 amide bonds. The first kappa shape index (κ1) is 12.8. The standard InChI is InChI=1S/C11H8BrClN4O/c12-6-1-2-8(14)7(3-6)11(18)17-10-4-9(13)15-5-16-10/h1-5H,14H2,(H,15,16,17,18). The van der Waals surface area contributed by atoms with Crippen LogP contribution in [-0.2, 0) is 0 Å². The van der Waals surface area contributed by atoms with Crippen molar-refractivity contribution in [2.24, 2.45) is 0 Å². The number of carbonyl (C=O) groups excluding carboxylic acids is 1. The molecule has 0 unspecified atom stereocenters. The van der Waals surface area contributed by atoms with Gasteiger partial charge in [0, 0.05) is 16.2 Å². The lowest BCUT2D eigenvalue weighted by molar-refractivity contribution is 0.102. The van der Waals surface area contributed by atoms with Gasteiger partial charge in [-0.2, -0.15) is 0 Å².